The highest BCUT2D eigenvalue weighted by molar-refractivity contribution is 9.09. The van der Waals surface area contributed by atoms with Crippen molar-refractivity contribution in [3.05, 3.63) is 34.3 Å². The summed E-state index contributed by atoms with van der Waals surface area (Å²) >= 11 is 9.95. The number of rotatable bonds is 2. The van der Waals surface area contributed by atoms with E-state index in [4.69, 9.17) is 11.6 Å². The molecule has 0 aliphatic heterocycles. The molecule has 104 valence electrons. The van der Waals surface area contributed by atoms with E-state index < -0.39 is 0 Å². The van der Waals surface area contributed by atoms with Gasteiger partial charge in [-0.15, -0.1) is 0 Å². The van der Waals surface area contributed by atoms with E-state index in [0.717, 1.165) is 18.4 Å². The van der Waals surface area contributed by atoms with E-state index in [1.807, 2.05) is 31.0 Å². The lowest BCUT2D eigenvalue weighted by molar-refractivity contribution is 0.0705. The summed E-state index contributed by atoms with van der Waals surface area (Å²) in [7, 11) is 1.88. The Hall–Kier alpha value is -0.540. The Morgan fingerprint density at radius 1 is 1.37 bits per heavy atom. The van der Waals surface area contributed by atoms with Gasteiger partial charge in [-0.2, -0.15) is 0 Å². The molecule has 19 heavy (non-hydrogen) atoms. The minimum absolute atomic E-state index is 0.0186. The molecule has 1 amide bonds. The predicted molar refractivity (Wildman–Crippen MR) is 83.3 cm³/mol. The minimum atomic E-state index is 0.0186. The van der Waals surface area contributed by atoms with Crippen molar-refractivity contribution >= 4 is 33.4 Å². The third-order valence-electron chi connectivity index (χ3n) is 3.89. The molecule has 1 aliphatic carbocycles. The van der Waals surface area contributed by atoms with Crippen LogP contribution in [0, 0.1) is 6.92 Å². The summed E-state index contributed by atoms with van der Waals surface area (Å²) in [6.07, 6.45) is 4.61. The molecule has 4 heteroatoms. The van der Waals surface area contributed by atoms with Crippen LogP contribution in [0.15, 0.2) is 18.2 Å². The highest BCUT2D eigenvalue weighted by Crippen LogP contribution is 2.30. The first-order chi connectivity index (χ1) is 9.02. The van der Waals surface area contributed by atoms with E-state index in [2.05, 4.69) is 15.9 Å². The number of alkyl halides is 1. The molecule has 1 aliphatic rings. The van der Waals surface area contributed by atoms with E-state index in [1.54, 1.807) is 6.07 Å². The Balaban J connectivity index is 2.21. The molecule has 0 aromatic heterocycles. The van der Waals surface area contributed by atoms with E-state index in [-0.39, 0.29) is 11.9 Å². The molecular weight excluding hydrogens is 326 g/mol. The summed E-state index contributed by atoms with van der Waals surface area (Å²) in [6.45, 7) is 1.92. The highest BCUT2D eigenvalue weighted by atomic mass is 79.9. The molecule has 0 bridgehead atoms. The number of benzene rings is 1. The van der Waals surface area contributed by atoms with Gasteiger partial charge < -0.3 is 4.90 Å². The van der Waals surface area contributed by atoms with E-state index in [9.17, 15) is 4.79 Å². The Morgan fingerprint density at radius 3 is 2.74 bits per heavy atom. The van der Waals surface area contributed by atoms with Gasteiger partial charge in [0.2, 0.25) is 0 Å². The summed E-state index contributed by atoms with van der Waals surface area (Å²) in [6, 6.07) is 5.87. The standard InChI is InChI=1S/C15H19BrClNO/c1-10-6-5-7-11(14(10)17)15(19)18(2)13-9-4-3-8-12(13)16/h5-7,12-13H,3-4,8-9H2,1-2H3. The largest absolute Gasteiger partial charge is 0.338 e. The molecule has 2 atom stereocenters. The third kappa shape index (κ3) is 3.14. The lowest BCUT2D eigenvalue weighted by Crippen LogP contribution is -2.44. The molecule has 1 fully saturated rings. The SMILES string of the molecule is Cc1cccc(C(=O)N(C)C2CCCCC2Br)c1Cl. The summed E-state index contributed by atoms with van der Waals surface area (Å²) in [5.74, 6) is 0.0186. The van der Waals surface area contributed by atoms with Crippen molar-refractivity contribution < 1.29 is 4.79 Å². The topological polar surface area (TPSA) is 20.3 Å². The lowest BCUT2D eigenvalue weighted by atomic mass is 9.94. The Labute approximate surface area is 128 Å². The number of aryl methyl sites for hydroxylation is 1. The number of halogens is 2. The van der Waals surface area contributed by atoms with Gasteiger partial charge >= 0.3 is 0 Å². The van der Waals surface area contributed by atoms with Gasteiger partial charge in [0.05, 0.1) is 10.6 Å². The quantitative estimate of drug-likeness (QED) is 0.727. The molecule has 0 N–H and O–H groups in total. The number of carbonyl (C=O) groups excluding carboxylic acids is 1. The van der Waals surface area contributed by atoms with E-state index in [0.29, 0.717) is 15.4 Å². The van der Waals surface area contributed by atoms with Crippen LogP contribution in [0.25, 0.3) is 0 Å². The second kappa shape index (κ2) is 6.27. The number of carbonyl (C=O) groups is 1. The maximum absolute atomic E-state index is 12.6. The average Bonchev–Trinajstić information content (AvgIpc) is 2.41. The summed E-state index contributed by atoms with van der Waals surface area (Å²) in [5.41, 5.74) is 1.55. The van der Waals surface area contributed by atoms with Gasteiger partial charge in [-0.1, -0.05) is 52.5 Å². The maximum Gasteiger partial charge on any atom is 0.255 e. The first kappa shape index (κ1) is 14.9. The van der Waals surface area contributed by atoms with Crippen LogP contribution in [0.5, 0.6) is 0 Å². The zero-order valence-electron chi connectivity index (χ0n) is 11.3. The molecule has 1 aromatic carbocycles. The van der Waals surface area contributed by atoms with Crippen LogP contribution in [0.3, 0.4) is 0 Å². The molecule has 0 saturated heterocycles. The van der Waals surface area contributed by atoms with Gasteiger partial charge in [0.25, 0.3) is 5.91 Å². The molecule has 2 nitrogen and oxygen atoms in total. The van der Waals surface area contributed by atoms with Crippen LogP contribution >= 0.6 is 27.5 Å². The van der Waals surface area contributed by atoms with E-state index in [1.165, 1.54) is 12.8 Å². The zero-order valence-corrected chi connectivity index (χ0v) is 13.7. The van der Waals surface area contributed by atoms with Crippen molar-refractivity contribution in [2.24, 2.45) is 0 Å². The second-order valence-corrected chi connectivity index (χ2v) is 6.77. The first-order valence-corrected chi connectivity index (χ1v) is 7.98. The molecule has 0 heterocycles. The van der Waals surface area contributed by atoms with Crippen LogP contribution in [0.2, 0.25) is 5.02 Å². The summed E-state index contributed by atoms with van der Waals surface area (Å²) < 4.78 is 0. The van der Waals surface area contributed by atoms with Crippen LogP contribution < -0.4 is 0 Å². The van der Waals surface area contributed by atoms with Crippen LogP contribution in [-0.4, -0.2) is 28.7 Å². The fraction of sp³-hybridized carbons (Fsp3) is 0.533. The van der Waals surface area contributed by atoms with Gasteiger partial charge in [0, 0.05) is 17.9 Å². The monoisotopic (exact) mass is 343 g/mol. The smallest absolute Gasteiger partial charge is 0.255 e. The van der Waals surface area contributed by atoms with Gasteiger partial charge in [-0.25, -0.2) is 0 Å². The number of nitrogens with zero attached hydrogens (tertiary/aromatic N) is 1. The van der Waals surface area contributed by atoms with Crippen LogP contribution in [0.1, 0.15) is 41.6 Å². The van der Waals surface area contributed by atoms with Crippen molar-refractivity contribution in [2.75, 3.05) is 7.05 Å². The molecule has 1 aromatic rings. The molecular formula is C15H19BrClNO. The van der Waals surface area contributed by atoms with Crippen LogP contribution in [0.4, 0.5) is 0 Å². The highest BCUT2D eigenvalue weighted by Gasteiger charge is 2.30. The minimum Gasteiger partial charge on any atom is -0.338 e. The maximum atomic E-state index is 12.6. The molecule has 1 saturated carbocycles. The Morgan fingerprint density at radius 2 is 2.05 bits per heavy atom. The van der Waals surface area contributed by atoms with Crippen molar-refractivity contribution in [1.29, 1.82) is 0 Å². The lowest BCUT2D eigenvalue weighted by Gasteiger charge is -2.35. The molecule has 0 spiro atoms. The van der Waals surface area contributed by atoms with Gasteiger partial charge in [-0.3, -0.25) is 4.79 Å². The van der Waals surface area contributed by atoms with E-state index >= 15 is 0 Å². The number of amides is 1. The van der Waals surface area contributed by atoms with Crippen molar-refractivity contribution in [3.63, 3.8) is 0 Å². The van der Waals surface area contributed by atoms with Crippen LogP contribution in [-0.2, 0) is 0 Å². The van der Waals surface area contributed by atoms with Crippen molar-refractivity contribution in [2.45, 2.75) is 43.5 Å². The first-order valence-electron chi connectivity index (χ1n) is 6.68. The zero-order chi connectivity index (χ0) is 14.0. The fourth-order valence-electron chi connectivity index (χ4n) is 2.66. The molecule has 0 radical (unpaired) electrons. The summed E-state index contributed by atoms with van der Waals surface area (Å²) in [4.78, 5) is 14.8. The Kier molecular flexibility index (Phi) is 4.91. The Bertz CT molecular complexity index is 477. The van der Waals surface area contributed by atoms with Gasteiger partial charge in [-0.05, 0) is 31.4 Å². The summed E-state index contributed by atoms with van der Waals surface area (Å²) in [5, 5.41) is 0.571. The van der Waals surface area contributed by atoms with Gasteiger partial charge in [0.1, 0.15) is 0 Å². The number of hydrogen-bond acceptors (Lipinski definition) is 1. The normalized spacial score (nSPS) is 23.2. The fourth-order valence-corrected chi connectivity index (χ4v) is 3.81. The number of hydrogen-bond donors (Lipinski definition) is 0. The van der Waals surface area contributed by atoms with Gasteiger partial charge in [0.15, 0.2) is 0 Å². The van der Waals surface area contributed by atoms with Crippen molar-refractivity contribution in [3.8, 4) is 0 Å². The van der Waals surface area contributed by atoms with Crippen molar-refractivity contribution in [1.82, 2.24) is 4.90 Å². The third-order valence-corrected chi connectivity index (χ3v) is 5.46. The predicted octanol–water partition coefficient (Wildman–Crippen LogP) is 4.43. The molecule has 2 rings (SSSR count). The second-order valence-electron chi connectivity index (χ2n) is 5.22. The molecule has 2 unspecified atom stereocenters. The average molecular weight is 345 g/mol.